The van der Waals surface area contributed by atoms with E-state index in [0.717, 1.165) is 57.8 Å². The van der Waals surface area contributed by atoms with Crippen molar-refractivity contribution in [3.63, 3.8) is 0 Å². The first-order chi connectivity index (χ1) is 29.1. The number of esters is 2. The van der Waals surface area contributed by atoms with Crippen LogP contribution in [0.25, 0.3) is 0 Å². The van der Waals surface area contributed by atoms with Crippen molar-refractivity contribution in [2.45, 2.75) is 219 Å². The zero-order valence-corrected chi connectivity index (χ0v) is 38.7. The molecule has 0 spiro atoms. The van der Waals surface area contributed by atoms with Gasteiger partial charge in [-0.15, -0.1) is 0 Å². The van der Waals surface area contributed by atoms with Crippen LogP contribution in [0.3, 0.4) is 0 Å². The van der Waals surface area contributed by atoms with Crippen LogP contribution in [0.15, 0.2) is 48.6 Å². The van der Waals surface area contributed by atoms with Crippen molar-refractivity contribution in [2.75, 3.05) is 19.8 Å². The minimum absolute atomic E-state index is 0.135. The molecule has 0 saturated heterocycles. The molecule has 0 aromatic rings. The van der Waals surface area contributed by atoms with Gasteiger partial charge in [-0.05, 0) is 32.1 Å². The largest absolute Gasteiger partial charge is 0.480 e. The van der Waals surface area contributed by atoms with E-state index < -0.39 is 51.1 Å². The maximum atomic E-state index is 12.6. The summed E-state index contributed by atoms with van der Waals surface area (Å²) in [7, 11) is -4.72. The number of carboxylic acid groups (broad SMARTS) is 1. The minimum Gasteiger partial charge on any atom is -0.480 e. The summed E-state index contributed by atoms with van der Waals surface area (Å²) in [6.45, 7) is 2.66. The lowest BCUT2D eigenvalue weighted by Crippen LogP contribution is -2.34. The van der Waals surface area contributed by atoms with Crippen LogP contribution in [0.1, 0.15) is 206 Å². The molecule has 0 aromatic carbocycles. The van der Waals surface area contributed by atoms with E-state index in [4.69, 9.17) is 24.8 Å². The number of carboxylic acids is 1. The summed E-state index contributed by atoms with van der Waals surface area (Å²) < 4.78 is 32.7. The summed E-state index contributed by atoms with van der Waals surface area (Å²) in [6.07, 6.45) is 48.9. The molecule has 0 heterocycles. The fraction of sp³-hybridized carbons (Fsp3) is 0.771. The van der Waals surface area contributed by atoms with E-state index in [1.54, 1.807) is 0 Å². The topological polar surface area (TPSA) is 172 Å². The lowest BCUT2D eigenvalue weighted by atomic mass is 10.0. The Morgan fingerprint density at radius 1 is 0.533 bits per heavy atom. The highest BCUT2D eigenvalue weighted by molar-refractivity contribution is 7.47. The molecular formula is C48H86NO10P. The Bertz CT molecular complexity index is 1200. The third kappa shape index (κ3) is 42.1. The van der Waals surface area contributed by atoms with Crippen molar-refractivity contribution in [1.82, 2.24) is 0 Å². The Labute approximate surface area is 365 Å². The molecule has 12 heteroatoms. The maximum absolute atomic E-state index is 12.6. The molecule has 0 bridgehead atoms. The lowest BCUT2D eigenvalue weighted by molar-refractivity contribution is -0.161. The molecule has 60 heavy (non-hydrogen) atoms. The number of phosphoric ester groups is 1. The molecule has 0 amide bonds. The van der Waals surface area contributed by atoms with Gasteiger partial charge in [-0.25, -0.2) is 4.57 Å². The molecule has 348 valence electrons. The van der Waals surface area contributed by atoms with Crippen molar-refractivity contribution >= 4 is 25.7 Å². The van der Waals surface area contributed by atoms with E-state index in [-0.39, 0.29) is 19.4 Å². The number of carbonyl (C=O) groups excluding carboxylic acids is 2. The average Bonchev–Trinajstić information content (AvgIpc) is 3.22. The van der Waals surface area contributed by atoms with Crippen LogP contribution in [0, 0.1) is 0 Å². The van der Waals surface area contributed by atoms with Gasteiger partial charge in [0.05, 0.1) is 13.2 Å². The van der Waals surface area contributed by atoms with E-state index in [9.17, 15) is 23.8 Å². The van der Waals surface area contributed by atoms with Gasteiger partial charge in [0, 0.05) is 12.8 Å². The van der Waals surface area contributed by atoms with Crippen LogP contribution in [0.4, 0.5) is 0 Å². The Kier molecular flexibility index (Phi) is 41.3. The minimum atomic E-state index is -4.72. The Morgan fingerprint density at radius 2 is 0.933 bits per heavy atom. The Morgan fingerprint density at radius 3 is 1.40 bits per heavy atom. The second kappa shape index (κ2) is 43.1. The number of hydrogen-bond acceptors (Lipinski definition) is 9. The fourth-order valence-corrected chi connectivity index (χ4v) is 7.27. The predicted octanol–water partition coefficient (Wildman–Crippen LogP) is 13.0. The van der Waals surface area contributed by atoms with Gasteiger partial charge >= 0.3 is 25.7 Å². The molecule has 1 unspecified atom stereocenters. The number of unbranched alkanes of at least 4 members (excludes halogenated alkanes) is 25. The molecule has 0 aliphatic heterocycles. The molecule has 11 nitrogen and oxygen atoms in total. The van der Waals surface area contributed by atoms with Gasteiger partial charge in [-0.2, -0.15) is 0 Å². The summed E-state index contributed by atoms with van der Waals surface area (Å²) in [5, 5.41) is 8.90. The van der Waals surface area contributed by atoms with E-state index in [2.05, 4.69) is 30.5 Å². The normalized spacial score (nSPS) is 14.1. The van der Waals surface area contributed by atoms with Crippen LogP contribution in [-0.4, -0.2) is 59.9 Å². The van der Waals surface area contributed by atoms with Crippen molar-refractivity contribution in [2.24, 2.45) is 5.73 Å². The summed E-state index contributed by atoms with van der Waals surface area (Å²) in [5.41, 5.74) is 5.34. The first-order valence-electron chi connectivity index (χ1n) is 23.7. The quantitative estimate of drug-likeness (QED) is 0.0230. The van der Waals surface area contributed by atoms with Crippen LogP contribution in [-0.2, 0) is 37.5 Å². The SMILES string of the molecule is CC/C=C/C=C/C=C/C=C/CCCCCCCC(=O)O[C@@H](COC(=O)CCCCCCCCCCCCCCCCCCCCCCC)COP(=O)(O)OC[C@H](N)C(=O)O. The van der Waals surface area contributed by atoms with Gasteiger partial charge in [-0.1, -0.05) is 210 Å². The number of hydrogen-bond donors (Lipinski definition) is 3. The number of ether oxygens (including phenoxy) is 2. The molecule has 0 aliphatic rings. The first kappa shape index (κ1) is 57.4. The molecule has 0 aromatic heterocycles. The standard InChI is InChI=1S/C48H86NO10P/c1-3-5-7-9-11-13-15-17-19-20-21-22-23-24-26-27-29-31-33-35-37-39-46(50)56-41-44(42-57-60(54,55)58-43-45(49)48(52)53)59-47(51)40-38-36-34-32-30-28-25-18-16-14-12-10-8-6-4-2/h6,8,10,12,14,16,18,25,44-45H,3-5,7,9,11,13,15,17,19-24,26-43,49H2,1-2H3,(H,52,53)(H,54,55)/b8-6+,12-10+,16-14+,25-18+/t44-,45-/m0/s1. The highest BCUT2D eigenvalue weighted by Crippen LogP contribution is 2.43. The van der Waals surface area contributed by atoms with Crippen molar-refractivity contribution in [1.29, 1.82) is 0 Å². The van der Waals surface area contributed by atoms with E-state index in [0.29, 0.717) is 12.8 Å². The summed E-state index contributed by atoms with van der Waals surface area (Å²) >= 11 is 0. The molecule has 0 rings (SSSR count). The monoisotopic (exact) mass is 868 g/mol. The van der Waals surface area contributed by atoms with Gasteiger partial charge in [0.2, 0.25) is 0 Å². The number of phosphoric acid groups is 1. The third-order valence-electron chi connectivity index (χ3n) is 10.2. The van der Waals surface area contributed by atoms with Crippen LogP contribution >= 0.6 is 7.82 Å². The molecule has 0 aliphatic carbocycles. The van der Waals surface area contributed by atoms with Crippen molar-refractivity contribution in [3.05, 3.63) is 48.6 Å². The van der Waals surface area contributed by atoms with E-state index in [1.165, 1.54) is 109 Å². The molecule has 0 radical (unpaired) electrons. The Balaban J connectivity index is 4.27. The summed E-state index contributed by atoms with van der Waals surface area (Å²) in [6, 6.07) is -1.53. The van der Waals surface area contributed by atoms with E-state index in [1.807, 2.05) is 36.5 Å². The van der Waals surface area contributed by atoms with Crippen LogP contribution in [0.2, 0.25) is 0 Å². The second-order valence-electron chi connectivity index (χ2n) is 16.0. The zero-order chi connectivity index (χ0) is 44.2. The van der Waals surface area contributed by atoms with E-state index >= 15 is 0 Å². The molecule has 0 saturated carbocycles. The number of nitrogens with two attached hydrogens (primary N) is 1. The number of rotatable bonds is 44. The van der Waals surface area contributed by atoms with Crippen LogP contribution in [0.5, 0.6) is 0 Å². The first-order valence-corrected chi connectivity index (χ1v) is 25.2. The molecule has 0 fully saturated rings. The summed E-state index contributed by atoms with van der Waals surface area (Å²) in [4.78, 5) is 46.0. The number of aliphatic carboxylic acids is 1. The molecular weight excluding hydrogens is 781 g/mol. The van der Waals surface area contributed by atoms with Gasteiger partial charge in [0.25, 0.3) is 0 Å². The van der Waals surface area contributed by atoms with Crippen molar-refractivity contribution in [3.8, 4) is 0 Å². The highest BCUT2D eigenvalue weighted by Gasteiger charge is 2.28. The average molecular weight is 868 g/mol. The second-order valence-corrected chi connectivity index (χ2v) is 17.4. The smallest absolute Gasteiger partial charge is 0.472 e. The van der Waals surface area contributed by atoms with Gasteiger partial charge in [-0.3, -0.25) is 23.4 Å². The highest BCUT2D eigenvalue weighted by atomic mass is 31.2. The van der Waals surface area contributed by atoms with Crippen molar-refractivity contribution < 1.29 is 47.5 Å². The van der Waals surface area contributed by atoms with Gasteiger partial charge in [0.1, 0.15) is 12.6 Å². The number of carbonyl (C=O) groups is 3. The van der Waals surface area contributed by atoms with Crippen LogP contribution < -0.4 is 5.73 Å². The fourth-order valence-electron chi connectivity index (χ4n) is 6.49. The predicted molar refractivity (Wildman–Crippen MR) is 245 cm³/mol. The van der Waals surface area contributed by atoms with Gasteiger partial charge < -0.3 is 25.2 Å². The maximum Gasteiger partial charge on any atom is 0.472 e. The molecule has 3 atom stereocenters. The summed E-state index contributed by atoms with van der Waals surface area (Å²) in [5.74, 6) is -2.40. The number of allylic oxidation sites excluding steroid dienone is 8. The zero-order valence-electron chi connectivity index (χ0n) is 37.8. The third-order valence-corrected chi connectivity index (χ3v) is 11.1. The Hall–Kier alpha value is -2.56. The molecule has 4 N–H and O–H groups in total. The lowest BCUT2D eigenvalue weighted by Gasteiger charge is -2.20. The van der Waals surface area contributed by atoms with Gasteiger partial charge in [0.15, 0.2) is 6.10 Å².